The highest BCUT2D eigenvalue weighted by Crippen LogP contribution is 2.26. The average molecular weight is 347 g/mol. The number of fused-ring (bicyclic) bond motifs is 1. The molecule has 0 radical (unpaired) electrons. The van der Waals surface area contributed by atoms with Gasteiger partial charge < -0.3 is 5.11 Å². The fourth-order valence-corrected chi connectivity index (χ4v) is 2.89. The van der Waals surface area contributed by atoms with Crippen LogP contribution >= 0.6 is 15.9 Å². The van der Waals surface area contributed by atoms with Gasteiger partial charge in [-0.05, 0) is 40.5 Å². The van der Waals surface area contributed by atoms with Gasteiger partial charge in [0.25, 0.3) is 0 Å². The van der Waals surface area contributed by atoms with Crippen molar-refractivity contribution in [3.8, 4) is 0 Å². The van der Waals surface area contributed by atoms with Crippen LogP contribution in [0.15, 0.2) is 35.1 Å². The van der Waals surface area contributed by atoms with Gasteiger partial charge in [0.2, 0.25) is 0 Å². The van der Waals surface area contributed by atoms with E-state index in [0.717, 1.165) is 32.5 Å². The summed E-state index contributed by atoms with van der Waals surface area (Å²) in [4.78, 5) is 8.50. The highest BCUT2D eigenvalue weighted by Gasteiger charge is 2.16. The fourth-order valence-electron chi connectivity index (χ4n) is 2.39. The first kappa shape index (κ1) is 14.2. The van der Waals surface area contributed by atoms with E-state index in [4.69, 9.17) is 0 Å². The Morgan fingerprint density at radius 2 is 1.95 bits per heavy atom. The third kappa shape index (κ3) is 2.69. The molecule has 21 heavy (non-hydrogen) atoms. The summed E-state index contributed by atoms with van der Waals surface area (Å²) in [6, 6.07) is 5.65. The zero-order valence-electron chi connectivity index (χ0n) is 11.8. The second-order valence-electron chi connectivity index (χ2n) is 4.99. The van der Waals surface area contributed by atoms with Gasteiger partial charge in [0.1, 0.15) is 0 Å². The van der Waals surface area contributed by atoms with Crippen LogP contribution in [0.1, 0.15) is 23.1 Å². The minimum atomic E-state index is -0.609. The largest absolute Gasteiger partial charge is 0.388 e. The SMILES string of the molecule is Cc1nn(C)c(CC(O)c2ccc3nccnc3c2)c1Br. The van der Waals surface area contributed by atoms with Gasteiger partial charge in [-0.25, -0.2) is 0 Å². The number of nitrogens with zero attached hydrogens (tertiary/aromatic N) is 4. The highest BCUT2D eigenvalue weighted by molar-refractivity contribution is 9.10. The van der Waals surface area contributed by atoms with Crippen molar-refractivity contribution in [2.45, 2.75) is 19.4 Å². The van der Waals surface area contributed by atoms with Crippen molar-refractivity contribution in [1.82, 2.24) is 19.7 Å². The maximum absolute atomic E-state index is 10.5. The minimum Gasteiger partial charge on any atom is -0.388 e. The van der Waals surface area contributed by atoms with Gasteiger partial charge in [0, 0.05) is 25.9 Å². The number of rotatable bonds is 3. The third-order valence-electron chi connectivity index (χ3n) is 3.53. The molecule has 108 valence electrons. The Morgan fingerprint density at radius 1 is 1.24 bits per heavy atom. The smallest absolute Gasteiger partial charge is 0.0890 e. The summed E-state index contributed by atoms with van der Waals surface area (Å²) in [7, 11) is 1.88. The average Bonchev–Trinajstić information content (AvgIpc) is 2.73. The van der Waals surface area contributed by atoms with Crippen LogP contribution in [0, 0.1) is 6.92 Å². The van der Waals surface area contributed by atoms with Gasteiger partial charge in [-0.3, -0.25) is 14.6 Å². The number of benzene rings is 1. The first-order valence-electron chi connectivity index (χ1n) is 6.63. The van der Waals surface area contributed by atoms with E-state index in [2.05, 4.69) is 31.0 Å². The molecule has 0 fully saturated rings. The molecule has 0 aliphatic heterocycles. The van der Waals surface area contributed by atoms with Crippen LogP contribution in [0.3, 0.4) is 0 Å². The molecular weight excluding hydrogens is 332 g/mol. The van der Waals surface area contributed by atoms with Crippen LogP contribution in [0.4, 0.5) is 0 Å². The van der Waals surface area contributed by atoms with Crippen LogP contribution in [-0.2, 0) is 13.5 Å². The lowest BCUT2D eigenvalue weighted by Crippen LogP contribution is -2.07. The molecule has 2 aromatic heterocycles. The lowest BCUT2D eigenvalue weighted by atomic mass is 10.0. The van der Waals surface area contributed by atoms with E-state index in [1.54, 1.807) is 17.1 Å². The molecule has 1 unspecified atom stereocenters. The maximum Gasteiger partial charge on any atom is 0.0890 e. The number of aryl methyl sites for hydroxylation is 2. The van der Waals surface area contributed by atoms with E-state index in [9.17, 15) is 5.11 Å². The fraction of sp³-hybridized carbons (Fsp3) is 0.267. The van der Waals surface area contributed by atoms with Crippen LogP contribution in [0.25, 0.3) is 11.0 Å². The predicted octanol–water partition coefficient (Wildman–Crippen LogP) is 2.71. The number of aliphatic hydroxyl groups excluding tert-OH is 1. The normalized spacial score (nSPS) is 12.8. The van der Waals surface area contributed by atoms with Crippen molar-refractivity contribution >= 4 is 27.0 Å². The van der Waals surface area contributed by atoms with Crippen molar-refractivity contribution in [1.29, 1.82) is 0 Å². The van der Waals surface area contributed by atoms with E-state index < -0.39 is 6.10 Å². The molecule has 0 amide bonds. The van der Waals surface area contributed by atoms with Crippen molar-refractivity contribution < 1.29 is 5.11 Å². The van der Waals surface area contributed by atoms with E-state index >= 15 is 0 Å². The summed E-state index contributed by atoms with van der Waals surface area (Å²) in [5.74, 6) is 0. The molecule has 1 N–H and O–H groups in total. The Labute approximate surface area is 130 Å². The van der Waals surface area contributed by atoms with Crippen molar-refractivity contribution in [3.05, 3.63) is 52.0 Å². The topological polar surface area (TPSA) is 63.8 Å². The lowest BCUT2D eigenvalue weighted by Gasteiger charge is -2.12. The molecule has 0 saturated heterocycles. The second-order valence-corrected chi connectivity index (χ2v) is 5.79. The Hall–Kier alpha value is -1.79. The number of aliphatic hydroxyl groups is 1. The summed E-state index contributed by atoms with van der Waals surface area (Å²) in [6.07, 6.45) is 3.19. The van der Waals surface area contributed by atoms with Crippen molar-refractivity contribution in [2.75, 3.05) is 0 Å². The molecule has 0 spiro atoms. The number of hydrogen-bond donors (Lipinski definition) is 1. The molecule has 2 heterocycles. The molecule has 3 aromatic rings. The Kier molecular flexibility index (Phi) is 3.73. The van der Waals surface area contributed by atoms with E-state index in [1.807, 2.05) is 32.2 Å². The van der Waals surface area contributed by atoms with Gasteiger partial charge in [-0.15, -0.1) is 0 Å². The van der Waals surface area contributed by atoms with Gasteiger partial charge >= 0.3 is 0 Å². The molecule has 0 bridgehead atoms. The highest BCUT2D eigenvalue weighted by atomic mass is 79.9. The predicted molar refractivity (Wildman–Crippen MR) is 83.8 cm³/mol. The summed E-state index contributed by atoms with van der Waals surface area (Å²) >= 11 is 3.53. The Balaban J connectivity index is 1.91. The third-order valence-corrected chi connectivity index (χ3v) is 4.56. The maximum atomic E-state index is 10.5. The summed E-state index contributed by atoms with van der Waals surface area (Å²) in [6.45, 7) is 1.94. The minimum absolute atomic E-state index is 0.490. The van der Waals surface area contributed by atoms with Crippen molar-refractivity contribution in [2.24, 2.45) is 7.05 Å². The van der Waals surface area contributed by atoms with E-state index in [1.165, 1.54) is 0 Å². The molecule has 6 heteroatoms. The zero-order valence-corrected chi connectivity index (χ0v) is 13.4. The molecule has 1 aromatic carbocycles. The molecule has 1 atom stereocenters. The first-order valence-corrected chi connectivity index (χ1v) is 7.42. The molecular formula is C15H15BrN4O. The lowest BCUT2D eigenvalue weighted by molar-refractivity contribution is 0.175. The van der Waals surface area contributed by atoms with Crippen LogP contribution < -0.4 is 0 Å². The summed E-state index contributed by atoms with van der Waals surface area (Å²) in [5, 5.41) is 14.8. The quantitative estimate of drug-likeness (QED) is 0.791. The molecule has 0 saturated carbocycles. The molecule has 5 nitrogen and oxygen atoms in total. The van der Waals surface area contributed by atoms with Gasteiger partial charge in [-0.2, -0.15) is 5.10 Å². The second kappa shape index (κ2) is 5.54. The van der Waals surface area contributed by atoms with Crippen LogP contribution in [-0.4, -0.2) is 24.9 Å². The number of halogens is 1. The number of aromatic nitrogens is 4. The van der Waals surface area contributed by atoms with Crippen LogP contribution in [0.2, 0.25) is 0 Å². The summed E-state index contributed by atoms with van der Waals surface area (Å²) in [5.41, 5.74) is 4.33. The molecule has 0 aliphatic rings. The first-order chi connectivity index (χ1) is 10.1. The standard InChI is InChI=1S/C15H15BrN4O/c1-9-15(16)13(20(2)19-9)8-14(21)10-3-4-11-12(7-10)18-6-5-17-11/h3-7,14,21H,8H2,1-2H3. The van der Waals surface area contributed by atoms with Gasteiger partial charge in [-0.1, -0.05) is 6.07 Å². The Morgan fingerprint density at radius 3 is 2.62 bits per heavy atom. The molecule has 3 rings (SSSR count). The monoisotopic (exact) mass is 346 g/mol. The van der Waals surface area contributed by atoms with E-state index in [-0.39, 0.29) is 0 Å². The number of hydrogen-bond acceptors (Lipinski definition) is 4. The van der Waals surface area contributed by atoms with Gasteiger partial charge in [0.15, 0.2) is 0 Å². The van der Waals surface area contributed by atoms with Crippen molar-refractivity contribution in [3.63, 3.8) is 0 Å². The Bertz CT molecular complexity index is 799. The summed E-state index contributed by atoms with van der Waals surface area (Å²) < 4.78 is 2.74. The zero-order chi connectivity index (χ0) is 15.0. The van der Waals surface area contributed by atoms with Crippen LogP contribution in [0.5, 0.6) is 0 Å². The molecule has 0 aliphatic carbocycles. The van der Waals surface area contributed by atoms with E-state index in [0.29, 0.717) is 6.42 Å². The van der Waals surface area contributed by atoms with Gasteiger partial charge in [0.05, 0.1) is 33.0 Å².